The third-order valence-corrected chi connectivity index (χ3v) is 6.04. The number of benzene rings is 2. The van der Waals surface area contributed by atoms with E-state index in [0.29, 0.717) is 11.3 Å². The van der Waals surface area contributed by atoms with Crippen molar-refractivity contribution in [3.8, 4) is 5.75 Å². The first-order chi connectivity index (χ1) is 14.2. The summed E-state index contributed by atoms with van der Waals surface area (Å²) in [5.41, 5.74) is 0.698. The van der Waals surface area contributed by atoms with Crippen LogP contribution in [-0.4, -0.2) is 37.1 Å². The van der Waals surface area contributed by atoms with E-state index in [9.17, 15) is 24.8 Å². The van der Waals surface area contributed by atoms with E-state index in [1.54, 1.807) is 12.1 Å². The Bertz CT molecular complexity index is 1090. The number of phenols is 1. The highest BCUT2D eigenvalue weighted by molar-refractivity contribution is 9.10. The number of phenolic OH excluding ortho intramolecular Hbond substituents is 1. The molecule has 2 amide bonds. The van der Waals surface area contributed by atoms with Gasteiger partial charge in [0.05, 0.1) is 9.83 Å². The number of nitrogens with zero attached hydrogens (tertiary/aromatic N) is 2. The molecular formula is C19H14BrN3O5S2. The van der Waals surface area contributed by atoms with Gasteiger partial charge in [-0.05, 0) is 43.3 Å². The maximum Gasteiger partial charge on any atom is 0.269 e. The van der Waals surface area contributed by atoms with Crippen molar-refractivity contribution >= 4 is 73.5 Å². The molecule has 1 atom stereocenters. The van der Waals surface area contributed by atoms with Gasteiger partial charge in [0, 0.05) is 27.9 Å². The molecular weight excluding hydrogens is 494 g/mol. The smallest absolute Gasteiger partial charge is 0.269 e. The molecule has 1 unspecified atom stereocenters. The first-order valence-corrected chi connectivity index (χ1v) is 10.5. The molecule has 0 radical (unpaired) electrons. The fraction of sp³-hybridized carbons (Fsp3) is 0.105. The Balaban J connectivity index is 1.76. The Morgan fingerprint density at radius 1 is 1.33 bits per heavy atom. The summed E-state index contributed by atoms with van der Waals surface area (Å²) in [6.07, 6.45) is 1.51. The molecule has 1 aliphatic rings. The van der Waals surface area contributed by atoms with Gasteiger partial charge < -0.3 is 10.4 Å². The lowest BCUT2D eigenvalue weighted by Gasteiger charge is -2.22. The van der Waals surface area contributed by atoms with Gasteiger partial charge in [-0.3, -0.25) is 24.6 Å². The van der Waals surface area contributed by atoms with Crippen LogP contribution in [-0.2, 0) is 9.59 Å². The number of aromatic hydroxyl groups is 1. The van der Waals surface area contributed by atoms with E-state index in [0.717, 1.165) is 16.2 Å². The van der Waals surface area contributed by atoms with Gasteiger partial charge in [0.25, 0.3) is 11.6 Å². The molecule has 3 rings (SSSR count). The number of amides is 2. The number of thiocarbonyl (C=S) groups is 1. The zero-order valence-electron chi connectivity index (χ0n) is 15.4. The average Bonchev–Trinajstić information content (AvgIpc) is 2.97. The number of hydrogen-bond acceptors (Lipinski definition) is 7. The average molecular weight is 508 g/mol. The van der Waals surface area contributed by atoms with Crippen LogP contribution in [0.1, 0.15) is 12.5 Å². The molecule has 0 aliphatic carbocycles. The number of halogens is 1. The Morgan fingerprint density at radius 3 is 2.63 bits per heavy atom. The van der Waals surface area contributed by atoms with E-state index < -0.39 is 22.8 Å². The van der Waals surface area contributed by atoms with Gasteiger partial charge in [-0.25, -0.2) is 0 Å². The molecule has 1 aliphatic heterocycles. The normalized spacial score (nSPS) is 16.1. The minimum absolute atomic E-state index is 0.00688. The summed E-state index contributed by atoms with van der Waals surface area (Å²) in [7, 11) is 0. The number of thioether (sulfide) groups is 1. The summed E-state index contributed by atoms with van der Waals surface area (Å²) in [6, 6.07) is 9.27. The first kappa shape index (κ1) is 21.9. The van der Waals surface area contributed by atoms with Crippen LogP contribution < -0.4 is 5.32 Å². The van der Waals surface area contributed by atoms with Crippen LogP contribution in [0.3, 0.4) is 0 Å². The van der Waals surface area contributed by atoms with E-state index in [1.165, 1.54) is 48.2 Å². The summed E-state index contributed by atoms with van der Waals surface area (Å²) < 4.78 is 0.949. The molecule has 0 saturated carbocycles. The van der Waals surface area contributed by atoms with Crippen molar-refractivity contribution in [2.45, 2.75) is 13.0 Å². The summed E-state index contributed by atoms with van der Waals surface area (Å²) >= 11 is 9.62. The van der Waals surface area contributed by atoms with Gasteiger partial charge in [0.15, 0.2) is 0 Å². The summed E-state index contributed by atoms with van der Waals surface area (Å²) in [6.45, 7) is 1.53. The van der Waals surface area contributed by atoms with Crippen molar-refractivity contribution in [2.24, 2.45) is 0 Å². The largest absolute Gasteiger partial charge is 0.507 e. The number of carbonyl (C=O) groups is 2. The van der Waals surface area contributed by atoms with Gasteiger partial charge in [0.2, 0.25) is 5.91 Å². The number of rotatable bonds is 5. The van der Waals surface area contributed by atoms with E-state index in [2.05, 4.69) is 21.2 Å². The third-order valence-electron chi connectivity index (χ3n) is 4.21. The van der Waals surface area contributed by atoms with Crippen molar-refractivity contribution in [1.82, 2.24) is 4.90 Å². The number of non-ortho nitro benzene ring substituents is 1. The molecule has 8 nitrogen and oxygen atoms in total. The molecule has 11 heteroatoms. The third kappa shape index (κ3) is 4.69. The Hall–Kier alpha value is -2.76. The van der Waals surface area contributed by atoms with Gasteiger partial charge in [-0.15, -0.1) is 0 Å². The standard InChI is InChI=1S/C19H14BrN3O5S2/c1-10(17(25)21-13-3-5-14(6-4-13)23(27)28)22-18(26)16(30-19(22)29)9-11-8-12(20)2-7-15(11)24/h2-10,24H,1H3,(H,21,25)/b16-9-. The van der Waals surface area contributed by atoms with Crippen LogP contribution in [0, 0.1) is 10.1 Å². The topological polar surface area (TPSA) is 113 Å². The quantitative estimate of drug-likeness (QED) is 0.268. The van der Waals surface area contributed by atoms with Crippen LogP contribution in [0.5, 0.6) is 5.75 Å². The fourth-order valence-corrected chi connectivity index (χ4v) is 4.41. The maximum absolute atomic E-state index is 12.8. The van der Waals surface area contributed by atoms with E-state index >= 15 is 0 Å². The number of anilines is 1. The molecule has 0 spiro atoms. The van der Waals surface area contributed by atoms with Crippen LogP contribution in [0.15, 0.2) is 51.8 Å². The van der Waals surface area contributed by atoms with Gasteiger partial charge in [-0.2, -0.15) is 0 Å². The van der Waals surface area contributed by atoms with Crippen molar-refractivity contribution in [3.63, 3.8) is 0 Å². The molecule has 0 bridgehead atoms. The highest BCUT2D eigenvalue weighted by atomic mass is 79.9. The molecule has 1 saturated heterocycles. The lowest BCUT2D eigenvalue weighted by Crippen LogP contribution is -2.44. The second kappa shape index (κ2) is 8.94. The van der Waals surface area contributed by atoms with Crippen molar-refractivity contribution < 1.29 is 19.6 Å². The lowest BCUT2D eigenvalue weighted by molar-refractivity contribution is -0.384. The Morgan fingerprint density at radius 2 is 2.00 bits per heavy atom. The maximum atomic E-state index is 12.8. The Kier molecular flexibility index (Phi) is 6.54. The summed E-state index contributed by atoms with van der Waals surface area (Å²) in [4.78, 5) is 37.1. The number of nitro benzene ring substituents is 1. The monoisotopic (exact) mass is 507 g/mol. The van der Waals surface area contributed by atoms with Crippen LogP contribution in [0.4, 0.5) is 11.4 Å². The number of nitrogens with one attached hydrogen (secondary N) is 1. The SMILES string of the molecule is CC(C(=O)Nc1ccc([N+](=O)[O-])cc1)N1C(=O)/C(=C/c2cc(Br)ccc2O)SC1=S. The van der Waals surface area contributed by atoms with Crippen LogP contribution >= 0.6 is 39.9 Å². The van der Waals surface area contributed by atoms with E-state index in [1.807, 2.05) is 0 Å². The van der Waals surface area contributed by atoms with Crippen molar-refractivity contribution in [3.05, 3.63) is 67.5 Å². The molecule has 1 heterocycles. The molecule has 1 fully saturated rings. The molecule has 30 heavy (non-hydrogen) atoms. The lowest BCUT2D eigenvalue weighted by atomic mass is 10.2. The summed E-state index contributed by atoms with van der Waals surface area (Å²) in [5.74, 6) is -0.935. The molecule has 0 aromatic heterocycles. The second-order valence-electron chi connectivity index (χ2n) is 6.22. The minimum atomic E-state index is -0.908. The Labute approximate surface area is 189 Å². The zero-order valence-corrected chi connectivity index (χ0v) is 18.6. The first-order valence-electron chi connectivity index (χ1n) is 8.48. The van der Waals surface area contributed by atoms with Crippen LogP contribution in [0.2, 0.25) is 0 Å². The summed E-state index contributed by atoms with van der Waals surface area (Å²) in [5, 5.41) is 23.3. The van der Waals surface area contributed by atoms with E-state index in [4.69, 9.17) is 12.2 Å². The highest BCUT2D eigenvalue weighted by Gasteiger charge is 2.38. The highest BCUT2D eigenvalue weighted by Crippen LogP contribution is 2.36. The van der Waals surface area contributed by atoms with Gasteiger partial charge >= 0.3 is 0 Å². The molecule has 2 N–H and O–H groups in total. The van der Waals surface area contributed by atoms with Gasteiger partial charge in [-0.1, -0.05) is 39.9 Å². The van der Waals surface area contributed by atoms with E-state index in [-0.39, 0.29) is 20.7 Å². The van der Waals surface area contributed by atoms with Crippen LogP contribution in [0.25, 0.3) is 6.08 Å². The molecule has 2 aromatic rings. The second-order valence-corrected chi connectivity index (χ2v) is 8.82. The predicted octanol–water partition coefficient (Wildman–Crippen LogP) is 4.29. The predicted molar refractivity (Wildman–Crippen MR) is 122 cm³/mol. The molecule has 154 valence electrons. The fourth-order valence-electron chi connectivity index (χ4n) is 2.63. The van der Waals surface area contributed by atoms with Gasteiger partial charge in [0.1, 0.15) is 16.1 Å². The van der Waals surface area contributed by atoms with Crippen molar-refractivity contribution in [1.29, 1.82) is 0 Å². The number of hydrogen-bond donors (Lipinski definition) is 2. The van der Waals surface area contributed by atoms with Crippen molar-refractivity contribution in [2.75, 3.05) is 5.32 Å². The zero-order chi connectivity index (χ0) is 22.0. The minimum Gasteiger partial charge on any atom is -0.507 e. The number of carbonyl (C=O) groups excluding carboxylic acids is 2. The molecule has 2 aromatic carbocycles. The number of nitro groups is 1.